The summed E-state index contributed by atoms with van der Waals surface area (Å²) < 4.78 is 10.4. The molecule has 3 rings (SSSR count). The molecule has 1 atom stereocenters. The molecule has 27 heavy (non-hydrogen) atoms. The molecule has 2 aromatic rings. The van der Waals surface area contributed by atoms with Crippen molar-refractivity contribution in [3.63, 3.8) is 0 Å². The van der Waals surface area contributed by atoms with Gasteiger partial charge in [-0.1, -0.05) is 29.8 Å². The Bertz CT molecular complexity index is 869. The third-order valence-electron chi connectivity index (χ3n) is 4.58. The van der Waals surface area contributed by atoms with Crippen molar-refractivity contribution in [3.05, 3.63) is 47.0 Å². The summed E-state index contributed by atoms with van der Waals surface area (Å²) in [4.78, 5) is 24.6. The van der Waals surface area contributed by atoms with Crippen molar-refractivity contribution in [2.24, 2.45) is 5.92 Å². The lowest BCUT2D eigenvalue weighted by Gasteiger charge is -2.24. The van der Waals surface area contributed by atoms with E-state index in [1.54, 1.807) is 12.1 Å². The molecule has 0 saturated heterocycles. The Morgan fingerprint density at radius 1 is 1.22 bits per heavy atom. The number of carbonyl (C=O) groups is 2. The van der Waals surface area contributed by atoms with E-state index in [9.17, 15) is 9.59 Å². The molecule has 0 saturated carbocycles. The first-order chi connectivity index (χ1) is 13.0. The van der Waals surface area contributed by atoms with Crippen LogP contribution in [-0.4, -0.2) is 26.0 Å². The molecule has 0 radical (unpaired) electrons. The number of ether oxygens (including phenoxy) is 2. The van der Waals surface area contributed by atoms with Crippen molar-refractivity contribution >= 4 is 34.8 Å². The summed E-state index contributed by atoms with van der Waals surface area (Å²) in [5.41, 5.74) is 2.41. The van der Waals surface area contributed by atoms with E-state index >= 15 is 0 Å². The van der Waals surface area contributed by atoms with Crippen molar-refractivity contribution in [2.75, 3.05) is 24.9 Å². The zero-order valence-corrected chi connectivity index (χ0v) is 15.9. The van der Waals surface area contributed by atoms with Gasteiger partial charge in [0.25, 0.3) is 0 Å². The Labute approximate surface area is 162 Å². The second-order valence-electron chi connectivity index (χ2n) is 6.32. The largest absolute Gasteiger partial charge is 0.495 e. The molecule has 1 heterocycles. The van der Waals surface area contributed by atoms with E-state index in [1.807, 2.05) is 24.3 Å². The van der Waals surface area contributed by atoms with Crippen LogP contribution in [0.4, 0.5) is 11.4 Å². The summed E-state index contributed by atoms with van der Waals surface area (Å²) in [7, 11) is 3.00. The van der Waals surface area contributed by atoms with Crippen molar-refractivity contribution in [2.45, 2.75) is 19.3 Å². The van der Waals surface area contributed by atoms with Crippen LogP contribution in [0.3, 0.4) is 0 Å². The fourth-order valence-electron chi connectivity index (χ4n) is 3.12. The van der Waals surface area contributed by atoms with Crippen LogP contribution in [0, 0.1) is 5.92 Å². The molecule has 6 nitrogen and oxygen atoms in total. The van der Waals surface area contributed by atoms with Crippen LogP contribution >= 0.6 is 11.6 Å². The van der Waals surface area contributed by atoms with E-state index in [1.165, 1.54) is 14.2 Å². The molecule has 0 aliphatic carbocycles. The second-order valence-corrected chi connectivity index (χ2v) is 6.73. The predicted molar refractivity (Wildman–Crippen MR) is 105 cm³/mol. The zero-order chi connectivity index (χ0) is 19.4. The lowest BCUT2D eigenvalue weighted by molar-refractivity contribution is -0.121. The number of halogens is 1. The van der Waals surface area contributed by atoms with Gasteiger partial charge in [-0.05, 0) is 24.5 Å². The van der Waals surface area contributed by atoms with E-state index < -0.39 is 0 Å². The molecule has 1 aliphatic rings. The first kappa shape index (κ1) is 19.0. The Kier molecular flexibility index (Phi) is 5.86. The SMILES string of the molecule is COc1cc(NC(=O)CC[C@@H]2Cc3ccccc3NC2=O)c(OC)cc1Cl. The van der Waals surface area contributed by atoms with Gasteiger partial charge in [0.1, 0.15) is 11.5 Å². The number of methoxy groups -OCH3 is 2. The molecule has 1 aliphatic heterocycles. The number of para-hydroxylation sites is 1. The van der Waals surface area contributed by atoms with Crippen LogP contribution in [0.5, 0.6) is 11.5 Å². The van der Waals surface area contributed by atoms with Crippen molar-refractivity contribution in [3.8, 4) is 11.5 Å². The highest BCUT2D eigenvalue weighted by atomic mass is 35.5. The van der Waals surface area contributed by atoms with Crippen molar-refractivity contribution in [1.29, 1.82) is 0 Å². The number of hydrogen-bond acceptors (Lipinski definition) is 4. The molecular formula is C20H21ClN2O4. The number of nitrogens with one attached hydrogen (secondary N) is 2. The van der Waals surface area contributed by atoms with Gasteiger partial charge in [-0.15, -0.1) is 0 Å². The van der Waals surface area contributed by atoms with Crippen LogP contribution < -0.4 is 20.1 Å². The molecule has 2 N–H and O–H groups in total. The van der Waals surface area contributed by atoms with Crippen LogP contribution in [0.15, 0.2) is 36.4 Å². The first-order valence-corrected chi connectivity index (χ1v) is 8.99. The fraction of sp³-hybridized carbons (Fsp3) is 0.300. The molecule has 7 heteroatoms. The summed E-state index contributed by atoms with van der Waals surface area (Å²) in [6.45, 7) is 0. The van der Waals surface area contributed by atoms with E-state index in [2.05, 4.69) is 10.6 Å². The molecule has 0 spiro atoms. The summed E-state index contributed by atoms with van der Waals surface area (Å²) in [6.07, 6.45) is 1.31. The highest BCUT2D eigenvalue weighted by molar-refractivity contribution is 6.32. The quantitative estimate of drug-likeness (QED) is 0.787. The van der Waals surface area contributed by atoms with Crippen LogP contribution in [-0.2, 0) is 16.0 Å². The smallest absolute Gasteiger partial charge is 0.227 e. The Morgan fingerprint density at radius 3 is 2.70 bits per heavy atom. The third kappa shape index (κ3) is 4.34. The third-order valence-corrected chi connectivity index (χ3v) is 4.88. The summed E-state index contributed by atoms with van der Waals surface area (Å²) >= 11 is 6.07. The monoisotopic (exact) mass is 388 g/mol. The van der Waals surface area contributed by atoms with Gasteiger partial charge in [0.05, 0.1) is 24.9 Å². The standard InChI is InChI=1S/C20H21ClN2O4/c1-26-17-11-16(18(27-2)10-14(17)21)22-19(24)8-7-13-9-12-5-3-4-6-15(12)23-20(13)25/h3-6,10-11,13H,7-9H2,1-2H3,(H,22,24)(H,23,25)/t13-/m1/s1. The van der Waals surface area contributed by atoms with Gasteiger partial charge in [0, 0.05) is 30.2 Å². The van der Waals surface area contributed by atoms with Gasteiger partial charge >= 0.3 is 0 Å². The van der Waals surface area contributed by atoms with Gasteiger partial charge < -0.3 is 20.1 Å². The van der Waals surface area contributed by atoms with Gasteiger partial charge in [-0.25, -0.2) is 0 Å². The second kappa shape index (κ2) is 8.31. The molecule has 0 fully saturated rings. The molecule has 0 unspecified atom stereocenters. The number of amides is 2. The Hall–Kier alpha value is -2.73. The van der Waals surface area contributed by atoms with Crippen LogP contribution in [0.25, 0.3) is 0 Å². The Morgan fingerprint density at radius 2 is 1.96 bits per heavy atom. The minimum atomic E-state index is -0.229. The summed E-state index contributed by atoms with van der Waals surface area (Å²) in [6, 6.07) is 10.9. The maximum absolute atomic E-state index is 12.4. The number of hydrogen-bond donors (Lipinski definition) is 2. The molecule has 2 amide bonds. The van der Waals surface area contributed by atoms with E-state index in [-0.39, 0.29) is 24.2 Å². The fourth-order valence-corrected chi connectivity index (χ4v) is 3.35. The highest BCUT2D eigenvalue weighted by Crippen LogP contribution is 2.36. The number of benzene rings is 2. The topological polar surface area (TPSA) is 76.7 Å². The minimum absolute atomic E-state index is 0.0488. The lowest BCUT2D eigenvalue weighted by atomic mass is 9.89. The van der Waals surface area contributed by atoms with Gasteiger partial charge in [-0.2, -0.15) is 0 Å². The molecule has 142 valence electrons. The van der Waals surface area contributed by atoms with Crippen LogP contribution in [0.2, 0.25) is 5.02 Å². The number of rotatable bonds is 6. The summed E-state index contributed by atoms with van der Waals surface area (Å²) in [5.74, 6) is 0.401. The highest BCUT2D eigenvalue weighted by Gasteiger charge is 2.26. The number of fused-ring (bicyclic) bond motifs is 1. The van der Waals surface area contributed by atoms with Crippen molar-refractivity contribution < 1.29 is 19.1 Å². The number of anilines is 2. The van der Waals surface area contributed by atoms with Crippen LogP contribution in [0.1, 0.15) is 18.4 Å². The minimum Gasteiger partial charge on any atom is -0.495 e. The average molecular weight is 389 g/mol. The summed E-state index contributed by atoms with van der Waals surface area (Å²) in [5, 5.41) is 6.10. The van der Waals surface area contributed by atoms with Gasteiger partial charge in [0.2, 0.25) is 11.8 Å². The molecule has 0 bridgehead atoms. The maximum Gasteiger partial charge on any atom is 0.227 e. The van der Waals surface area contributed by atoms with E-state index in [0.29, 0.717) is 35.1 Å². The van der Waals surface area contributed by atoms with Crippen molar-refractivity contribution in [1.82, 2.24) is 0 Å². The molecular weight excluding hydrogens is 368 g/mol. The molecule has 0 aromatic heterocycles. The lowest BCUT2D eigenvalue weighted by Crippen LogP contribution is -2.30. The number of carbonyl (C=O) groups excluding carboxylic acids is 2. The van der Waals surface area contributed by atoms with Gasteiger partial charge in [-0.3, -0.25) is 9.59 Å². The molecule has 2 aromatic carbocycles. The van der Waals surface area contributed by atoms with E-state index in [0.717, 1.165) is 11.3 Å². The average Bonchev–Trinajstić information content (AvgIpc) is 2.67. The first-order valence-electron chi connectivity index (χ1n) is 8.62. The van der Waals surface area contributed by atoms with E-state index in [4.69, 9.17) is 21.1 Å². The zero-order valence-electron chi connectivity index (χ0n) is 15.2. The predicted octanol–water partition coefficient (Wildman–Crippen LogP) is 3.89. The normalized spacial score (nSPS) is 15.5. The van der Waals surface area contributed by atoms with Gasteiger partial charge in [0.15, 0.2) is 0 Å². The Balaban J connectivity index is 1.63. The maximum atomic E-state index is 12.4.